The van der Waals surface area contributed by atoms with Crippen LogP contribution in [0.3, 0.4) is 0 Å². The number of amides is 1. The van der Waals surface area contributed by atoms with E-state index < -0.39 is 23.3 Å². The maximum atomic E-state index is 13.3. The minimum Gasteiger partial charge on any atom is -0.438 e. The van der Waals surface area contributed by atoms with Gasteiger partial charge in [-0.15, -0.1) is 0 Å². The van der Waals surface area contributed by atoms with E-state index in [0.29, 0.717) is 17.9 Å². The molecule has 1 atom stereocenters. The molecule has 2 heterocycles. The Labute approximate surface area is 165 Å². The highest BCUT2D eigenvalue weighted by atomic mass is 19.4. The van der Waals surface area contributed by atoms with Gasteiger partial charge in [-0.05, 0) is 25.1 Å². The summed E-state index contributed by atoms with van der Waals surface area (Å²) in [6.07, 6.45) is -3.44. The molecule has 0 spiro atoms. The van der Waals surface area contributed by atoms with Crippen LogP contribution in [0.2, 0.25) is 0 Å². The molecule has 1 amide bonds. The molecule has 1 aliphatic heterocycles. The number of halogens is 3. The zero-order chi connectivity index (χ0) is 21.2. The number of oxazole rings is 1. The van der Waals surface area contributed by atoms with E-state index in [4.69, 9.17) is 14.4 Å². The number of methoxy groups -OCH3 is 1. The molecule has 7 nitrogen and oxygen atoms in total. The summed E-state index contributed by atoms with van der Waals surface area (Å²) < 4.78 is 50.3. The Morgan fingerprint density at radius 2 is 2.17 bits per heavy atom. The molecule has 10 heteroatoms. The number of aromatic nitrogens is 1. The molecule has 1 aliphatic rings. The quantitative estimate of drug-likeness (QED) is 0.774. The van der Waals surface area contributed by atoms with Gasteiger partial charge in [0.25, 0.3) is 5.91 Å². The number of hydrogen-bond acceptors (Lipinski definition) is 6. The molecule has 3 rings (SSSR count). The summed E-state index contributed by atoms with van der Waals surface area (Å²) in [6, 6.07) is 4.80. The van der Waals surface area contributed by atoms with Crippen molar-refractivity contribution in [2.75, 3.05) is 38.3 Å². The van der Waals surface area contributed by atoms with Crippen LogP contribution in [0.25, 0.3) is 0 Å². The summed E-state index contributed by atoms with van der Waals surface area (Å²) in [6.45, 7) is 2.73. The predicted molar refractivity (Wildman–Crippen MR) is 96.3 cm³/mol. The molecule has 2 aromatic rings. The van der Waals surface area contributed by atoms with E-state index in [1.165, 1.54) is 25.6 Å². The van der Waals surface area contributed by atoms with Crippen LogP contribution in [0.15, 0.2) is 29.0 Å². The number of nitriles is 1. The van der Waals surface area contributed by atoms with E-state index in [1.54, 1.807) is 22.8 Å². The van der Waals surface area contributed by atoms with Crippen molar-refractivity contribution >= 4 is 11.6 Å². The number of rotatable bonds is 4. The fourth-order valence-corrected chi connectivity index (χ4v) is 3.39. The second kappa shape index (κ2) is 8.13. The Bertz CT molecular complexity index is 936. The molecular formula is C19H19F3N4O3. The Hall–Kier alpha value is -3.06. The lowest BCUT2D eigenvalue weighted by Gasteiger charge is -2.42. The number of aryl methyl sites for hydroxylation is 1. The third kappa shape index (κ3) is 4.19. The SMILES string of the molecule is COCC1CN(c2ccc(C#N)c(C(F)(F)F)c2)CCN1C(=O)c1ocnc1C. The number of carbonyl (C=O) groups is 1. The molecule has 1 unspecified atom stereocenters. The number of carbonyl (C=O) groups excluding carboxylic acids is 1. The number of benzene rings is 1. The van der Waals surface area contributed by atoms with Crippen molar-refractivity contribution in [3.63, 3.8) is 0 Å². The first-order chi connectivity index (χ1) is 13.8. The first-order valence-corrected chi connectivity index (χ1v) is 8.82. The lowest BCUT2D eigenvalue weighted by atomic mass is 10.0. The van der Waals surface area contributed by atoms with Crippen molar-refractivity contribution in [2.24, 2.45) is 0 Å². The summed E-state index contributed by atoms with van der Waals surface area (Å²) in [5.74, 6) is -0.199. The topological polar surface area (TPSA) is 82.6 Å². The van der Waals surface area contributed by atoms with E-state index in [9.17, 15) is 18.0 Å². The third-order valence-electron chi connectivity index (χ3n) is 4.84. The van der Waals surface area contributed by atoms with Crippen molar-refractivity contribution in [3.8, 4) is 6.07 Å². The Morgan fingerprint density at radius 1 is 1.41 bits per heavy atom. The Kier molecular flexibility index (Phi) is 5.79. The Balaban J connectivity index is 1.85. The number of nitrogens with zero attached hydrogens (tertiary/aromatic N) is 4. The minimum atomic E-state index is -4.63. The fraction of sp³-hybridized carbons (Fsp3) is 0.421. The fourth-order valence-electron chi connectivity index (χ4n) is 3.39. The van der Waals surface area contributed by atoms with Crippen LogP contribution in [0.5, 0.6) is 0 Å². The van der Waals surface area contributed by atoms with Crippen LogP contribution in [-0.2, 0) is 10.9 Å². The summed E-state index contributed by atoms with van der Waals surface area (Å²) in [5, 5.41) is 8.97. The molecule has 0 bridgehead atoms. The van der Waals surface area contributed by atoms with Gasteiger partial charge < -0.3 is 19.0 Å². The monoisotopic (exact) mass is 408 g/mol. The average Bonchev–Trinajstić information content (AvgIpc) is 3.12. The number of hydrogen-bond donors (Lipinski definition) is 0. The maximum absolute atomic E-state index is 13.3. The first kappa shape index (κ1) is 20.7. The van der Waals surface area contributed by atoms with Crippen molar-refractivity contribution < 1.29 is 27.1 Å². The minimum absolute atomic E-state index is 0.136. The van der Waals surface area contributed by atoms with E-state index >= 15 is 0 Å². The summed E-state index contributed by atoms with van der Waals surface area (Å²) in [5.41, 5.74) is -0.600. The zero-order valence-corrected chi connectivity index (χ0v) is 15.9. The van der Waals surface area contributed by atoms with Gasteiger partial charge >= 0.3 is 6.18 Å². The lowest BCUT2D eigenvalue weighted by molar-refractivity contribution is -0.137. The van der Waals surface area contributed by atoms with Gasteiger partial charge in [0.2, 0.25) is 5.76 Å². The van der Waals surface area contributed by atoms with Gasteiger partial charge in [-0.1, -0.05) is 0 Å². The van der Waals surface area contributed by atoms with Gasteiger partial charge in [-0.3, -0.25) is 4.79 Å². The molecule has 1 aromatic heterocycles. The van der Waals surface area contributed by atoms with Crippen molar-refractivity contribution in [3.05, 3.63) is 47.2 Å². The largest absolute Gasteiger partial charge is 0.438 e. The normalized spacial score (nSPS) is 17.3. The van der Waals surface area contributed by atoms with Crippen LogP contribution in [0.1, 0.15) is 27.4 Å². The highest BCUT2D eigenvalue weighted by Crippen LogP contribution is 2.35. The lowest BCUT2D eigenvalue weighted by Crippen LogP contribution is -2.57. The smallest absolute Gasteiger partial charge is 0.417 e. The molecule has 0 N–H and O–H groups in total. The van der Waals surface area contributed by atoms with Crippen LogP contribution >= 0.6 is 0 Å². The standard InChI is InChI=1S/C19H19F3N4O3/c1-12-17(29-11-24-12)18(27)26-6-5-25(9-15(26)10-28-2)14-4-3-13(8-23)16(7-14)19(20,21)22/h3-4,7,11,15H,5-6,9-10H2,1-2H3. The van der Waals surface area contributed by atoms with Crippen LogP contribution < -0.4 is 4.90 Å². The number of piperazine rings is 1. The van der Waals surface area contributed by atoms with Gasteiger partial charge in [0.1, 0.15) is 0 Å². The number of ether oxygens (including phenoxy) is 1. The van der Waals surface area contributed by atoms with Crippen molar-refractivity contribution in [1.29, 1.82) is 5.26 Å². The molecule has 29 heavy (non-hydrogen) atoms. The maximum Gasteiger partial charge on any atom is 0.417 e. The van der Waals surface area contributed by atoms with Gasteiger partial charge in [-0.2, -0.15) is 18.4 Å². The van der Waals surface area contributed by atoms with E-state index in [1.807, 2.05) is 0 Å². The zero-order valence-electron chi connectivity index (χ0n) is 15.9. The average molecular weight is 408 g/mol. The van der Waals surface area contributed by atoms with Crippen molar-refractivity contribution in [2.45, 2.75) is 19.1 Å². The molecule has 1 aromatic carbocycles. The first-order valence-electron chi connectivity index (χ1n) is 8.82. The van der Waals surface area contributed by atoms with E-state index in [0.717, 1.165) is 6.07 Å². The van der Waals surface area contributed by atoms with Crippen LogP contribution in [0, 0.1) is 18.3 Å². The van der Waals surface area contributed by atoms with Gasteiger partial charge in [0.05, 0.1) is 35.5 Å². The molecule has 0 aliphatic carbocycles. The summed E-state index contributed by atoms with van der Waals surface area (Å²) in [4.78, 5) is 20.1. The predicted octanol–water partition coefficient (Wildman–Crippen LogP) is 2.85. The number of alkyl halides is 3. The second-order valence-corrected chi connectivity index (χ2v) is 6.66. The van der Waals surface area contributed by atoms with Gasteiger partial charge in [0, 0.05) is 32.4 Å². The van der Waals surface area contributed by atoms with Crippen LogP contribution in [0.4, 0.5) is 18.9 Å². The molecule has 0 radical (unpaired) electrons. The van der Waals surface area contributed by atoms with Crippen molar-refractivity contribution in [1.82, 2.24) is 9.88 Å². The Morgan fingerprint density at radius 3 is 2.76 bits per heavy atom. The summed E-state index contributed by atoms with van der Waals surface area (Å²) in [7, 11) is 1.49. The highest BCUT2D eigenvalue weighted by Gasteiger charge is 2.36. The molecular weight excluding hydrogens is 389 g/mol. The van der Waals surface area contributed by atoms with Gasteiger partial charge in [0.15, 0.2) is 6.39 Å². The summed E-state index contributed by atoms with van der Waals surface area (Å²) >= 11 is 0. The third-order valence-corrected chi connectivity index (χ3v) is 4.84. The van der Waals surface area contributed by atoms with Gasteiger partial charge in [-0.25, -0.2) is 4.98 Å². The van der Waals surface area contributed by atoms with E-state index in [2.05, 4.69) is 4.98 Å². The van der Waals surface area contributed by atoms with Crippen LogP contribution in [-0.4, -0.2) is 55.2 Å². The molecule has 154 valence electrons. The highest BCUT2D eigenvalue weighted by molar-refractivity contribution is 5.92. The molecule has 1 saturated heterocycles. The number of anilines is 1. The second-order valence-electron chi connectivity index (χ2n) is 6.66. The molecule has 1 fully saturated rings. The van der Waals surface area contributed by atoms with E-state index in [-0.39, 0.29) is 31.4 Å². The molecule has 0 saturated carbocycles.